The first kappa shape index (κ1) is 14.8. The Morgan fingerprint density at radius 3 is 2.86 bits per heavy atom. The minimum Gasteiger partial charge on any atom is -0.370 e. The van der Waals surface area contributed by atoms with Crippen LogP contribution in [0.4, 0.5) is 17.5 Å². The Hall–Kier alpha value is -2.62. The average Bonchev–Trinajstić information content (AvgIpc) is 2.82. The Morgan fingerprint density at radius 2 is 2.19 bits per heavy atom. The van der Waals surface area contributed by atoms with Crippen molar-refractivity contribution in [1.82, 2.24) is 19.7 Å². The quantitative estimate of drug-likeness (QED) is 0.876. The van der Waals surface area contributed by atoms with Crippen molar-refractivity contribution in [3.63, 3.8) is 0 Å². The molecule has 7 nitrogen and oxygen atoms in total. The molecule has 0 unspecified atom stereocenters. The van der Waals surface area contributed by atoms with Crippen molar-refractivity contribution < 1.29 is 0 Å². The second-order valence-electron chi connectivity index (χ2n) is 5.16. The molecule has 0 aromatic carbocycles. The van der Waals surface area contributed by atoms with E-state index >= 15 is 0 Å². The van der Waals surface area contributed by atoms with Gasteiger partial charge in [0.2, 0.25) is 5.95 Å². The summed E-state index contributed by atoms with van der Waals surface area (Å²) in [6.45, 7) is 8.30. The highest BCUT2D eigenvalue weighted by Crippen LogP contribution is 2.22. The number of aromatic nitrogens is 4. The van der Waals surface area contributed by atoms with Gasteiger partial charge < -0.3 is 10.6 Å². The first-order valence-electron chi connectivity index (χ1n) is 6.78. The lowest BCUT2D eigenvalue weighted by molar-refractivity contribution is 0.416. The van der Waals surface area contributed by atoms with Crippen LogP contribution < -0.4 is 10.6 Å². The lowest BCUT2D eigenvalue weighted by Gasteiger charge is -2.15. The van der Waals surface area contributed by atoms with Crippen LogP contribution in [-0.2, 0) is 5.54 Å². The standard InChI is InChI=1S/C14H19N7/c1-5-16-12-6-7-17-13(19-12)18-11-8-21(20-10(11)2)14(3,4)9-15/h6-8H,5H2,1-4H3,(H2,16,17,18,19). The summed E-state index contributed by atoms with van der Waals surface area (Å²) in [5.74, 6) is 1.25. The van der Waals surface area contributed by atoms with Gasteiger partial charge in [0, 0.05) is 12.7 Å². The van der Waals surface area contributed by atoms with E-state index in [4.69, 9.17) is 5.26 Å². The first-order valence-corrected chi connectivity index (χ1v) is 6.78. The number of nitrogens with zero attached hydrogens (tertiary/aromatic N) is 5. The maximum Gasteiger partial charge on any atom is 0.229 e. The maximum absolute atomic E-state index is 9.17. The van der Waals surface area contributed by atoms with E-state index in [1.165, 1.54) is 0 Å². The molecule has 2 aromatic rings. The van der Waals surface area contributed by atoms with Crippen molar-refractivity contribution in [3.05, 3.63) is 24.2 Å². The molecule has 0 aliphatic heterocycles. The van der Waals surface area contributed by atoms with E-state index in [2.05, 4.69) is 31.8 Å². The first-order chi connectivity index (χ1) is 9.96. The molecule has 0 saturated heterocycles. The van der Waals surface area contributed by atoms with Gasteiger partial charge in [-0.15, -0.1) is 0 Å². The van der Waals surface area contributed by atoms with Crippen LogP contribution in [0.2, 0.25) is 0 Å². The third kappa shape index (κ3) is 3.28. The zero-order chi connectivity index (χ0) is 15.5. The van der Waals surface area contributed by atoms with E-state index in [1.807, 2.05) is 33.8 Å². The fraction of sp³-hybridized carbons (Fsp3) is 0.429. The van der Waals surface area contributed by atoms with Crippen molar-refractivity contribution in [2.75, 3.05) is 17.2 Å². The SMILES string of the molecule is CCNc1ccnc(Nc2cn(C(C)(C)C#N)nc2C)n1. The fourth-order valence-electron chi connectivity index (χ4n) is 1.74. The number of rotatable bonds is 5. The highest BCUT2D eigenvalue weighted by atomic mass is 15.3. The molecule has 110 valence electrons. The lowest BCUT2D eigenvalue weighted by Crippen LogP contribution is -2.24. The maximum atomic E-state index is 9.17. The molecule has 7 heteroatoms. The summed E-state index contributed by atoms with van der Waals surface area (Å²) in [7, 11) is 0. The van der Waals surface area contributed by atoms with E-state index in [-0.39, 0.29) is 0 Å². The molecule has 0 bridgehead atoms. The fourth-order valence-corrected chi connectivity index (χ4v) is 1.74. The molecule has 0 fully saturated rings. The Morgan fingerprint density at radius 1 is 1.43 bits per heavy atom. The van der Waals surface area contributed by atoms with Crippen LogP contribution in [0.5, 0.6) is 0 Å². The number of hydrogen-bond donors (Lipinski definition) is 2. The number of nitriles is 1. The summed E-state index contributed by atoms with van der Waals surface area (Å²) in [5, 5.41) is 19.8. The molecule has 2 aromatic heterocycles. The molecular weight excluding hydrogens is 266 g/mol. The Balaban J connectivity index is 2.24. The molecule has 0 spiro atoms. The van der Waals surface area contributed by atoms with Gasteiger partial charge in [0.25, 0.3) is 0 Å². The van der Waals surface area contributed by atoms with Crippen LogP contribution in [-0.4, -0.2) is 26.3 Å². The minimum absolute atomic E-state index is 0.492. The van der Waals surface area contributed by atoms with Gasteiger partial charge in [0.05, 0.1) is 23.6 Å². The van der Waals surface area contributed by atoms with Crippen molar-refractivity contribution in [2.45, 2.75) is 33.2 Å². The third-order valence-corrected chi connectivity index (χ3v) is 3.01. The van der Waals surface area contributed by atoms with Crippen LogP contribution in [0.15, 0.2) is 18.5 Å². The largest absolute Gasteiger partial charge is 0.370 e. The van der Waals surface area contributed by atoms with Crippen LogP contribution in [0.1, 0.15) is 26.5 Å². The second kappa shape index (κ2) is 5.79. The second-order valence-corrected chi connectivity index (χ2v) is 5.16. The zero-order valence-electron chi connectivity index (χ0n) is 12.7. The van der Waals surface area contributed by atoms with E-state index in [1.54, 1.807) is 17.1 Å². The molecule has 2 heterocycles. The van der Waals surface area contributed by atoms with Crippen molar-refractivity contribution in [3.8, 4) is 6.07 Å². The number of aryl methyl sites for hydroxylation is 1. The van der Waals surface area contributed by atoms with E-state index in [0.29, 0.717) is 5.95 Å². The van der Waals surface area contributed by atoms with E-state index < -0.39 is 5.54 Å². The molecule has 0 radical (unpaired) electrons. The summed E-state index contributed by atoms with van der Waals surface area (Å²) in [4.78, 5) is 8.54. The van der Waals surface area contributed by atoms with E-state index in [9.17, 15) is 0 Å². The predicted molar refractivity (Wildman–Crippen MR) is 81.4 cm³/mol. The molecule has 0 atom stereocenters. The monoisotopic (exact) mass is 285 g/mol. The molecule has 21 heavy (non-hydrogen) atoms. The Labute approximate surface area is 124 Å². The van der Waals surface area contributed by atoms with Crippen LogP contribution in [0.25, 0.3) is 0 Å². The topological polar surface area (TPSA) is 91.5 Å². The summed E-state index contributed by atoms with van der Waals surface area (Å²) >= 11 is 0. The average molecular weight is 285 g/mol. The normalized spacial score (nSPS) is 11.0. The van der Waals surface area contributed by atoms with Gasteiger partial charge in [-0.1, -0.05) is 0 Å². The van der Waals surface area contributed by atoms with Crippen molar-refractivity contribution in [1.29, 1.82) is 5.26 Å². The molecule has 2 N–H and O–H groups in total. The van der Waals surface area contributed by atoms with Gasteiger partial charge >= 0.3 is 0 Å². The number of nitrogens with one attached hydrogen (secondary N) is 2. The minimum atomic E-state index is -0.697. The molecular formula is C14H19N7. The number of hydrogen-bond acceptors (Lipinski definition) is 6. The van der Waals surface area contributed by atoms with Gasteiger partial charge in [-0.25, -0.2) is 4.98 Å². The molecule has 0 aliphatic rings. The van der Waals surface area contributed by atoms with Crippen molar-refractivity contribution >= 4 is 17.5 Å². The van der Waals surface area contributed by atoms with Gasteiger partial charge in [0.1, 0.15) is 11.4 Å². The van der Waals surface area contributed by atoms with Gasteiger partial charge in [0.15, 0.2) is 0 Å². The summed E-state index contributed by atoms with van der Waals surface area (Å²) < 4.78 is 1.64. The Kier molecular flexibility index (Phi) is 4.08. The lowest BCUT2D eigenvalue weighted by atomic mass is 10.1. The zero-order valence-corrected chi connectivity index (χ0v) is 12.7. The van der Waals surface area contributed by atoms with Crippen molar-refractivity contribution in [2.24, 2.45) is 0 Å². The highest BCUT2D eigenvalue weighted by Gasteiger charge is 2.21. The Bertz CT molecular complexity index is 666. The van der Waals surface area contributed by atoms with Crippen LogP contribution in [0, 0.1) is 18.3 Å². The summed E-state index contributed by atoms with van der Waals surface area (Å²) in [5.41, 5.74) is 0.875. The van der Waals surface area contributed by atoms with Crippen LogP contribution >= 0.6 is 0 Å². The summed E-state index contributed by atoms with van der Waals surface area (Å²) in [6.07, 6.45) is 3.48. The molecule has 0 amide bonds. The molecule has 0 saturated carbocycles. The third-order valence-electron chi connectivity index (χ3n) is 3.01. The molecule has 2 rings (SSSR count). The number of anilines is 3. The predicted octanol–water partition coefficient (Wildman–Crippen LogP) is 2.42. The van der Waals surface area contributed by atoms with Gasteiger partial charge in [-0.3, -0.25) is 4.68 Å². The molecule has 0 aliphatic carbocycles. The smallest absolute Gasteiger partial charge is 0.229 e. The highest BCUT2D eigenvalue weighted by molar-refractivity contribution is 5.56. The van der Waals surface area contributed by atoms with Gasteiger partial charge in [-0.05, 0) is 33.8 Å². The van der Waals surface area contributed by atoms with E-state index in [0.717, 1.165) is 23.7 Å². The summed E-state index contributed by atoms with van der Waals surface area (Å²) in [6, 6.07) is 4.03. The van der Waals surface area contributed by atoms with Gasteiger partial charge in [-0.2, -0.15) is 15.3 Å². The van der Waals surface area contributed by atoms with Crippen LogP contribution in [0.3, 0.4) is 0 Å².